The van der Waals surface area contributed by atoms with E-state index >= 15 is 0 Å². The SMILES string of the molecule is Cn1nccc1C(C)(O)CNC1CC1. The molecule has 0 bridgehead atoms. The van der Waals surface area contributed by atoms with Gasteiger partial charge in [-0.3, -0.25) is 4.68 Å². The largest absolute Gasteiger partial charge is 0.383 e. The molecule has 0 aromatic carbocycles. The second-order valence-corrected chi connectivity index (χ2v) is 4.27. The van der Waals surface area contributed by atoms with Crippen LogP contribution in [0.1, 0.15) is 25.5 Å². The lowest BCUT2D eigenvalue weighted by Crippen LogP contribution is -2.37. The number of hydrogen-bond donors (Lipinski definition) is 2. The van der Waals surface area contributed by atoms with Gasteiger partial charge >= 0.3 is 0 Å². The lowest BCUT2D eigenvalue weighted by atomic mass is 10.0. The normalized spacial score (nSPS) is 20.8. The fourth-order valence-corrected chi connectivity index (χ4v) is 1.62. The summed E-state index contributed by atoms with van der Waals surface area (Å²) in [5.74, 6) is 0. The van der Waals surface area contributed by atoms with E-state index in [1.165, 1.54) is 12.8 Å². The number of nitrogens with zero attached hydrogens (tertiary/aromatic N) is 2. The highest BCUT2D eigenvalue weighted by atomic mass is 16.3. The van der Waals surface area contributed by atoms with Gasteiger partial charge in [0, 0.05) is 25.8 Å². The highest BCUT2D eigenvalue weighted by Gasteiger charge is 2.29. The highest BCUT2D eigenvalue weighted by molar-refractivity contribution is 5.11. The minimum absolute atomic E-state index is 0.594. The third kappa shape index (κ3) is 1.96. The highest BCUT2D eigenvalue weighted by Crippen LogP contribution is 2.23. The summed E-state index contributed by atoms with van der Waals surface area (Å²) in [6, 6.07) is 2.48. The van der Waals surface area contributed by atoms with Crippen LogP contribution in [-0.2, 0) is 12.6 Å². The molecular weight excluding hydrogens is 178 g/mol. The summed E-state index contributed by atoms with van der Waals surface area (Å²) in [4.78, 5) is 0. The third-order valence-electron chi connectivity index (χ3n) is 2.69. The summed E-state index contributed by atoms with van der Waals surface area (Å²) in [5.41, 5.74) is 0.0269. The Hall–Kier alpha value is -0.870. The zero-order chi connectivity index (χ0) is 10.2. The summed E-state index contributed by atoms with van der Waals surface area (Å²) in [5, 5.41) is 17.6. The van der Waals surface area contributed by atoms with Gasteiger partial charge in [0.2, 0.25) is 0 Å². The Morgan fingerprint density at radius 1 is 1.71 bits per heavy atom. The summed E-state index contributed by atoms with van der Waals surface area (Å²) in [6.45, 7) is 2.41. The molecule has 1 saturated carbocycles. The van der Waals surface area contributed by atoms with Gasteiger partial charge in [0.25, 0.3) is 0 Å². The number of aryl methyl sites for hydroxylation is 1. The van der Waals surface area contributed by atoms with Crippen LogP contribution in [0.5, 0.6) is 0 Å². The second-order valence-electron chi connectivity index (χ2n) is 4.27. The quantitative estimate of drug-likeness (QED) is 0.730. The Morgan fingerprint density at radius 2 is 2.43 bits per heavy atom. The zero-order valence-electron chi connectivity index (χ0n) is 8.70. The van der Waals surface area contributed by atoms with E-state index < -0.39 is 5.60 Å². The van der Waals surface area contributed by atoms with Gasteiger partial charge in [-0.15, -0.1) is 0 Å². The van der Waals surface area contributed by atoms with Gasteiger partial charge in [0.05, 0.1) is 5.69 Å². The average molecular weight is 195 g/mol. The smallest absolute Gasteiger partial charge is 0.116 e. The van der Waals surface area contributed by atoms with Crippen LogP contribution in [0.2, 0.25) is 0 Å². The van der Waals surface area contributed by atoms with Crippen molar-refractivity contribution in [2.45, 2.75) is 31.4 Å². The van der Waals surface area contributed by atoms with Gasteiger partial charge in [0.1, 0.15) is 5.60 Å². The van der Waals surface area contributed by atoms with Crippen LogP contribution >= 0.6 is 0 Å². The van der Waals surface area contributed by atoms with E-state index in [-0.39, 0.29) is 0 Å². The van der Waals surface area contributed by atoms with Crippen LogP contribution in [0.15, 0.2) is 12.3 Å². The van der Waals surface area contributed by atoms with Crippen molar-refractivity contribution < 1.29 is 5.11 Å². The molecule has 0 aliphatic heterocycles. The zero-order valence-corrected chi connectivity index (χ0v) is 8.70. The standard InChI is InChI=1S/C10H17N3O/c1-10(14,7-11-8-3-4-8)9-5-6-12-13(9)2/h5-6,8,11,14H,3-4,7H2,1-2H3. The van der Waals surface area contributed by atoms with Gasteiger partial charge in [0.15, 0.2) is 0 Å². The topological polar surface area (TPSA) is 50.1 Å². The van der Waals surface area contributed by atoms with Crippen molar-refractivity contribution in [2.24, 2.45) is 7.05 Å². The van der Waals surface area contributed by atoms with Gasteiger partial charge < -0.3 is 10.4 Å². The van der Waals surface area contributed by atoms with E-state index in [1.54, 1.807) is 10.9 Å². The molecule has 1 aromatic rings. The molecule has 1 aliphatic carbocycles. The molecule has 0 saturated heterocycles. The molecule has 1 atom stereocenters. The van der Waals surface area contributed by atoms with E-state index in [1.807, 2.05) is 20.0 Å². The predicted octanol–water partition coefficient (Wildman–Crippen LogP) is 0.380. The van der Waals surface area contributed by atoms with Crippen LogP contribution in [0.3, 0.4) is 0 Å². The van der Waals surface area contributed by atoms with Crippen molar-refractivity contribution in [3.63, 3.8) is 0 Å². The minimum atomic E-state index is -0.826. The molecule has 4 heteroatoms. The molecule has 1 heterocycles. The molecule has 1 aliphatic rings. The van der Waals surface area contributed by atoms with E-state index in [9.17, 15) is 5.11 Å². The lowest BCUT2D eigenvalue weighted by molar-refractivity contribution is 0.0482. The van der Waals surface area contributed by atoms with E-state index in [0.717, 1.165) is 5.69 Å². The molecule has 1 fully saturated rings. The molecule has 78 valence electrons. The predicted molar refractivity (Wildman–Crippen MR) is 53.8 cm³/mol. The Balaban J connectivity index is 2.02. The first-order valence-electron chi connectivity index (χ1n) is 5.04. The maximum absolute atomic E-state index is 10.2. The Kier molecular flexibility index (Phi) is 2.33. The summed E-state index contributed by atoms with van der Waals surface area (Å²) in [6.07, 6.45) is 4.18. The van der Waals surface area contributed by atoms with E-state index in [0.29, 0.717) is 12.6 Å². The van der Waals surface area contributed by atoms with Gasteiger partial charge in [-0.1, -0.05) is 0 Å². The molecule has 4 nitrogen and oxygen atoms in total. The molecule has 1 aromatic heterocycles. The molecule has 14 heavy (non-hydrogen) atoms. The molecule has 0 radical (unpaired) electrons. The molecule has 1 unspecified atom stereocenters. The maximum Gasteiger partial charge on any atom is 0.116 e. The summed E-state index contributed by atoms with van der Waals surface area (Å²) >= 11 is 0. The molecule has 2 rings (SSSR count). The van der Waals surface area contributed by atoms with Gasteiger partial charge in [-0.2, -0.15) is 5.10 Å². The van der Waals surface area contributed by atoms with Crippen LogP contribution in [0, 0.1) is 0 Å². The van der Waals surface area contributed by atoms with Gasteiger partial charge in [-0.05, 0) is 25.8 Å². The first kappa shape index (κ1) is 9.68. The van der Waals surface area contributed by atoms with Crippen molar-refractivity contribution in [1.82, 2.24) is 15.1 Å². The number of nitrogens with one attached hydrogen (secondary N) is 1. The first-order valence-corrected chi connectivity index (χ1v) is 5.04. The third-order valence-corrected chi connectivity index (χ3v) is 2.69. The maximum atomic E-state index is 10.2. The first-order chi connectivity index (χ1) is 6.59. The lowest BCUT2D eigenvalue weighted by Gasteiger charge is -2.23. The number of aliphatic hydroxyl groups is 1. The molecular formula is C10H17N3O. The van der Waals surface area contributed by atoms with E-state index in [2.05, 4.69) is 10.4 Å². The van der Waals surface area contributed by atoms with Gasteiger partial charge in [-0.25, -0.2) is 0 Å². The van der Waals surface area contributed by atoms with Crippen LogP contribution in [-0.4, -0.2) is 27.5 Å². The van der Waals surface area contributed by atoms with E-state index in [4.69, 9.17) is 0 Å². The van der Waals surface area contributed by atoms with Crippen LogP contribution in [0.25, 0.3) is 0 Å². The van der Waals surface area contributed by atoms with Crippen molar-refractivity contribution in [1.29, 1.82) is 0 Å². The monoisotopic (exact) mass is 195 g/mol. The molecule has 2 N–H and O–H groups in total. The second kappa shape index (κ2) is 3.37. The van der Waals surface area contributed by atoms with Crippen molar-refractivity contribution in [3.05, 3.63) is 18.0 Å². The van der Waals surface area contributed by atoms with Crippen molar-refractivity contribution >= 4 is 0 Å². The molecule has 0 amide bonds. The Morgan fingerprint density at radius 3 is 2.93 bits per heavy atom. The van der Waals surface area contributed by atoms with Crippen LogP contribution in [0.4, 0.5) is 0 Å². The number of hydrogen-bond acceptors (Lipinski definition) is 3. The molecule has 0 spiro atoms. The summed E-state index contributed by atoms with van der Waals surface area (Å²) < 4.78 is 1.72. The number of rotatable bonds is 4. The Bertz CT molecular complexity index is 315. The summed E-state index contributed by atoms with van der Waals surface area (Å²) in [7, 11) is 1.85. The fourth-order valence-electron chi connectivity index (χ4n) is 1.62. The average Bonchev–Trinajstić information content (AvgIpc) is 2.85. The fraction of sp³-hybridized carbons (Fsp3) is 0.700. The van der Waals surface area contributed by atoms with Crippen molar-refractivity contribution in [2.75, 3.05) is 6.54 Å². The Labute approximate surface area is 83.9 Å². The van der Waals surface area contributed by atoms with Crippen LogP contribution < -0.4 is 5.32 Å². The minimum Gasteiger partial charge on any atom is -0.383 e. The van der Waals surface area contributed by atoms with Crippen molar-refractivity contribution in [3.8, 4) is 0 Å². The number of aromatic nitrogens is 2.